The van der Waals surface area contributed by atoms with Gasteiger partial charge in [-0.25, -0.2) is 0 Å². The molecule has 0 radical (unpaired) electrons. The fourth-order valence-electron chi connectivity index (χ4n) is 7.88. The molecule has 0 spiro atoms. The van der Waals surface area contributed by atoms with Gasteiger partial charge in [-0.1, -0.05) is 121 Å². The number of hydrogen-bond acceptors (Lipinski definition) is 1. The van der Waals surface area contributed by atoms with Crippen molar-refractivity contribution in [3.8, 4) is 22.5 Å². The van der Waals surface area contributed by atoms with Gasteiger partial charge < -0.3 is 14.0 Å². The van der Waals surface area contributed by atoms with Crippen LogP contribution < -0.4 is 4.90 Å². The van der Waals surface area contributed by atoms with Crippen LogP contribution in [-0.4, -0.2) is 9.13 Å². The highest BCUT2D eigenvalue weighted by Crippen LogP contribution is 2.43. The molecule has 0 fully saturated rings. The topological polar surface area (TPSA) is 13.1 Å². The largest absolute Gasteiger partial charge is 0.310 e. The van der Waals surface area contributed by atoms with E-state index < -0.39 is 0 Å². The van der Waals surface area contributed by atoms with Crippen LogP contribution in [0, 0.1) is 0 Å². The molecule has 0 bridgehead atoms. The zero-order valence-electron chi connectivity index (χ0n) is 27.9. The summed E-state index contributed by atoms with van der Waals surface area (Å²) in [4.78, 5) is 2.36. The standard InChI is InChI=1S/C48H33N3/c1-4-15-34(16-5-1)40-23-14-26-46-48(40)43-32-31-39(33-47(43)51(46)36-19-8-3-9-20-36)49(35-17-6-2-7-18-35)37-27-29-38(30-28-37)50-44-24-12-10-21-41(44)42-22-11-13-25-45(42)50/h1-33H. The maximum absolute atomic E-state index is 2.41. The lowest BCUT2D eigenvalue weighted by Gasteiger charge is -2.26. The molecule has 240 valence electrons. The summed E-state index contributed by atoms with van der Waals surface area (Å²) in [6.45, 7) is 0. The van der Waals surface area contributed by atoms with Crippen LogP contribution in [0.1, 0.15) is 0 Å². The number of para-hydroxylation sites is 4. The molecule has 0 aliphatic carbocycles. The van der Waals surface area contributed by atoms with Crippen molar-refractivity contribution < 1.29 is 0 Å². The minimum Gasteiger partial charge on any atom is -0.310 e. The van der Waals surface area contributed by atoms with E-state index in [0.29, 0.717) is 0 Å². The van der Waals surface area contributed by atoms with Crippen LogP contribution in [0.4, 0.5) is 17.1 Å². The van der Waals surface area contributed by atoms with Crippen LogP contribution in [0.15, 0.2) is 200 Å². The third-order valence-electron chi connectivity index (χ3n) is 10.1. The summed E-state index contributed by atoms with van der Waals surface area (Å²) >= 11 is 0. The molecular weight excluding hydrogens is 619 g/mol. The first-order valence-corrected chi connectivity index (χ1v) is 17.5. The summed E-state index contributed by atoms with van der Waals surface area (Å²) in [6, 6.07) is 72.0. The molecule has 0 atom stereocenters. The number of hydrogen-bond donors (Lipinski definition) is 0. The van der Waals surface area contributed by atoms with Crippen LogP contribution >= 0.6 is 0 Å². The highest BCUT2D eigenvalue weighted by Gasteiger charge is 2.20. The first-order valence-electron chi connectivity index (χ1n) is 17.5. The van der Waals surface area contributed by atoms with Crippen molar-refractivity contribution in [2.75, 3.05) is 4.90 Å². The molecule has 0 N–H and O–H groups in total. The molecule has 10 aromatic rings. The molecule has 3 nitrogen and oxygen atoms in total. The Hall–Kier alpha value is -6.84. The van der Waals surface area contributed by atoms with E-state index in [2.05, 4.69) is 214 Å². The number of nitrogens with zero attached hydrogens (tertiary/aromatic N) is 3. The van der Waals surface area contributed by atoms with E-state index in [-0.39, 0.29) is 0 Å². The predicted octanol–water partition coefficient (Wildman–Crippen LogP) is 13.0. The Labute approximate surface area is 296 Å². The van der Waals surface area contributed by atoms with E-state index in [1.165, 1.54) is 54.7 Å². The molecule has 0 aliphatic rings. The Kier molecular flexibility index (Phi) is 6.81. The summed E-state index contributed by atoms with van der Waals surface area (Å²) < 4.78 is 4.78. The Morgan fingerprint density at radius 2 is 0.824 bits per heavy atom. The Balaban J connectivity index is 1.17. The van der Waals surface area contributed by atoms with Crippen molar-refractivity contribution in [3.05, 3.63) is 200 Å². The molecule has 0 saturated carbocycles. The number of benzene rings is 8. The molecule has 10 rings (SSSR count). The summed E-state index contributed by atoms with van der Waals surface area (Å²) in [5.74, 6) is 0. The van der Waals surface area contributed by atoms with Crippen LogP contribution in [0.3, 0.4) is 0 Å². The second-order valence-electron chi connectivity index (χ2n) is 13.0. The van der Waals surface area contributed by atoms with Gasteiger partial charge in [0.1, 0.15) is 0 Å². The van der Waals surface area contributed by atoms with Crippen LogP contribution in [0.25, 0.3) is 66.1 Å². The number of anilines is 3. The van der Waals surface area contributed by atoms with E-state index in [9.17, 15) is 0 Å². The van der Waals surface area contributed by atoms with Gasteiger partial charge in [-0.05, 0) is 90.0 Å². The van der Waals surface area contributed by atoms with Crippen LogP contribution in [0.2, 0.25) is 0 Å². The Bertz CT molecular complexity index is 2780. The molecule has 51 heavy (non-hydrogen) atoms. The summed E-state index contributed by atoms with van der Waals surface area (Å²) in [7, 11) is 0. The van der Waals surface area contributed by atoms with Gasteiger partial charge in [0.05, 0.1) is 22.1 Å². The maximum Gasteiger partial charge on any atom is 0.0562 e. The smallest absolute Gasteiger partial charge is 0.0562 e. The van der Waals surface area contributed by atoms with Crippen molar-refractivity contribution in [1.82, 2.24) is 9.13 Å². The van der Waals surface area contributed by atoms with Crippen molar-refractivity contribution >= 4 is 60.7 Å². The summed E-state index contributed by atoms with van der Waals surface area (Å²) in [5, 5.41) is 5.02. The average molecular weight is 652 g/mol. The van der Waals surface area contributed by atoms with E-state index >= 15 is 0 Å². The highest BCUT2D eigenvalue weighted by molar-refractivity contribution is 6.16. The number of rotatable bonds is 6. The first-order chi connectivity index (χ1) is 25.3. The molecule has 8 aromatic carbocycles. The van der Waals surface area contributed by atoms with E-state index in [1.807, 2.05) is 0 Å². The van der Waals surface area contributed by atoms with Crippen LogP contribution in [0.5, 0.6) is 0 Å². The SMILES string of the molecule is c1ccc(-c2cccc3c2c2ccc(N(c4ccccc4)c4ccc(-n5c6ccccc6c6ccccc65)cc4)cc2n3-c2ccccc2)cc1. The minimum absolute atomic E-state index is 1.09. The zero-order chi connectivity index (χ0) is 33.7. The first kappa shape index (κ1) is 29.1. The van der Waals surface area contributed by atoms with Gasteiger partial charge in [-0.3, -0.25) is 0 Å². The lowest BCUT2D eigenvalue weighted by molar-refractivity contribution is 1.17. The van der Waals surface area contributed by atoms with Gasteiger partial charge >= 0.3 is 0 Å². The van der Waals surface area contributed by atoms with Gasteiger partial charge in [0, 0.05) is 50.0 Å². The Morgan fingerprint density at radius 3 is 1.51 bits per heavy atom. The third kappa shape index (κ3) is 4.74. The van der Waals surface area contributed by atoms with Gasteiger partial charge in [-0.15, -0.1) is 0 Å². The second-order valence-corrected chi connectivity index (χ2v) is 13.0. The van der Waals surface area contributed by atoms with Gasteiger partial charge in [0.25, 0.3) is 0 Å². The molecule has 2 aromatic heterocycles. The minimum atomic E-state index is 1.09. The monoisotopic (exact) mass is 651 g/mol. The predicted molar refractivity (Wildman–Crippen MR) is 215 cm³/mol. The maximum atomic E-state index is 2.41. The van der Waals surface area contributed by atoms with E-state index in [0.717, 1.165) is 28.4 Å². The Morgan fingerprint density at radius 1 is 0.314 bits per heavy atom. The quantitative estimate of drug-likeness (QED) is 0.174. The zero-order valence-corrected chi connectivity index (χ0v) is 27.9. The molecule has 0 saturated heterocycles. The van der Waals surface area contributed by atoms with Gasteiger partial charge in [0.2, 0.25) is 0 Å². The van der Waals surface area contributed by atoms with Crippen molar-refractivity contribution in [3.63, 3.8) is 0 Å². The second kappa shape index (κ2) is 11.9. The molecule has 0 aliphatic heterocycles. The van der Waals surface area contributed by atoms with Gasteiger partial charge in [-0.2, -0.15) is 0 Å². The van der Waals surface area contributed by atoms with Crippen LogP contribution in [-0.2, 0) is 0 Å². The number of aromatic nitrogens is 2. The third-order valence-corrected chi connectivity index (χ3v) is 10.1. The fraction of sp³-hybridized carbons (Fsp3) is 0. The lowest BCUT2D eigenvalue weighted by Crippen LogP contribution is -2.10. The van der Waals surface area contributed by atoms with Crippen molar-refractivity contribution in [2.24, 2.45) is 0 Å². The van der Waals surface area contributed by atoms with Crippen molar-refractivity contribution in [1.29, 1.82) is 0 Å². The summed E-state index contributed by atoms with van der Waals surface area (Å²) in [6.07, 6.45) is 0. The lowest BCUT2D eigenvalue weighted by atomic mass is 9.99. The molecule has 0 unspecified atom stereocenters. The molecule has 3 heteroatoms. The normalized spacial score (nSPS) is 11.5. The molecular formula is C48H33N3. The highest BCUT2D eigenvalue weighted by atomic mass is 15.1. The fourth-order valence-corrected chi connectivity index (χ4v) is 7.88. The average Bonchev–Trinajstić information content (AvgIpc) is 3.72. The van der Waals surface area contributed by atoms with Gasteiger partial charge in [0.15, 0.2) is 0 Å². The molecule has 2 heterocycles. The molecule has 0 amide bonds. The van der Waals surface area contributed by atoms with E-state index in [1.54, 1.807) is 0 Å². The van der Waals surface area contributed by atoms with Crippen molar-refractivity contribution in [2.45, 2.75) is 0 Å². The number of fused-ring (bicyclic) bond motifs is 6. The summed E-state index contributed by atoms with van der Waals surface area (Å²) in [5.41, 5.74) is 12.8. The van der Waals surface area contributed by atoms with E-state index in [4.69, 9.17) is 0 Å².